The number of aromatic nitrogens is 2. The minimum Gasteiger partial charge on any atom is -0.312 e. The van der Waals surface area contributed by atoms with E-state index in [1.807, 2.05) is 45.0 Å². The highest BCUT2D eigenvalue weighted by Crippen LogP contribution is 2.26. The van der Waals surface area contributed by atoms with Crippen LogP contribution in [0, 0.1) is 12.8 Å². The maximum absolute atomic E-state index is 12.5. The summed E-state index contributed by atoms with van der Waals surface area (Å²) in [7, 11) is 0. The Morgan fingerprint density at radius 1 is 1.25 bits per heavy atom. The zero-order chi connectivity index (χ0) is 17.3. The van der Waals surface area contributed by atoms with Crippen molar-refractivity contribution >= 4 is 23.3 Å². The minimum atomic E-state index is -0.352. The van der Waals surface area contributed by atoms with E-state index in [2.05, 4.69) is 10.4 Å². The summed E-state index contributed by atoms with van der Waals surface area (Å²) in [5, 5.41) is 7.10. The highest BCUT2D eigenvalue weighted by molar-refractivity contribution is 6.03. The second-order valence-electron chi connectivity index (χ2n) is 6.48. The first kappa shape index (κ1) is 16.2. The van der Waals surface area contributed by atoms with Crippen LogP contribution in [-0.2, 0) is 9.59 Å². The summed E-state index contributed by atoms with van der Waals surface area (Å²) in [4.78, 5) is 26.5. The molecule has 2 aromatic rings. The van der Waals surface area contributed by atoms with Crippen molar-refractivity contribution < 1.29 is 9.59 Å². The molecule has 1 saturated heterocycles. The van der Waals surface area contributed by atoms with Gasteiger partial charge in [0.25, 0.3) is 0 Å². The number of carbonyl (C=O) groups is 2. The Balaban J connectivity index is 1.70. The maximum atomic E-state index is 12.5. The Morgan fingerprint density at radius 2 is 1.96 bits per heavy atom. The van der Waals surface area contributed by atoms with Crippen molar-refractivity contribution in [2.45, 2.75) is 33.2 Å². The van der Waals surface area contributed by atoms with Crippen LogP contribution in [0.15, 0.2) is 36.5 Å². The fourth-order valence-corrected chi connectivity index (χ4v) is 2.91. The monoisotopic (exact) mass is 326 g/mol. The molecule has 24 heavy (non-hydrogen) atoms. The number of rotatable bonds is 4. The second kappa shape index (κ2) is 6.47. The number of hydrogen-bond donors (Lipinski definition) is 1. The largest absolute Gasteiger partial charge is 0.312 e. The third-order valence-corrected chi connectivity index (χ3v) is 4.25. The first-order valence-corrected chi connectivity index (χ1v) is 8.17. The molecule has 0 aliphatic carbocycles. The summed E-state index contributed by atoms with van der Waals surface area (Å²) < 4.78 is 1.76. The summed E-state index contributed by atoms with van der Waals surface area (Å²) in [5.74, 6) is 0.155. The lowest BCUT2D eigenvalue weighted by molar-refractivity contribution is -0.122. The van der Waals surface area contributed by atoms with Gasteiger partial charge in [0.1, 0.15) is 5.82 Å². The van der Waals surface area contributed by atoms with Gasteiger partial charge in [0.05, 0.1) is 12.1 Å². The first-order valence-electron chi connectivity index (χ1n) is 8.17. The Kier molecular flexibility index (Phi) is 4.38. The van der Waals surface area contributed by atoms with E-state index in [9.17, 15) is 9.59 Å². The van der Waals surface area contributed by atoms with Crippen molar-refractivity contribution in [3.8, 4) is 0 Å². The van der Waals surface area contributed by atoms with Crippen LogP contribution in [0.4, 0.5) is 11.5 Å². The molecule has 2 amide bonds. The average Bonchev–Trinajstić information content (AvgIpc) is 3.15. The molecule has 126 valence electrons. The first-order chi connectivity index (χ1) is 11.5. The van der Waals surface area contributed by atoms with Crippen molar-refractivity contribution in [2.24, 2.45) is 5.92 Å². The van der Waals surface area contributed by atoms with Gasteiger partial charge >= 0.3 is 0 Å². The van der Waals surface area contributed by atoms with Gasteiger partial charge in [-0.15, -0.1) is 0 Å². The van der Waals surface area contributed by atoms with Crippen LogP contribution in [0.2, 0.25) is 0 Å². The third-order valence-electron chi connectivity index (χ3n) is 4.25. The summed E-state index contributed by atoms with van der Waals surface area (Å²) in [6, 6.07) is 9.70. The minimum absolute atomic E-state index is 0.0172. The molecule has 6 heteroatoms. The fourth-order valence-electron chi connectivity index (χ4n) is 2.91. The van der Waals surface area contributed by atoms with Gasteiger partial charge in [-0.3, -0.25) is 9.59 Å². The van der Waals surface area contributed by atoms with E-state index >= 15 is 0 Å². The molecule has 0 spiro atoms. The standard InChI is InChI=1S/C18H22N4O2/c1-12(2)22-16(8-9-19-22)20-18(24)14-10-17(23)21(11-14)15-6-4-13(3)5-7-15/h4-9,12,14H,10-11H2,1-3H3,(H,20,24)/t14-/m0/s1. The molecule has 0 radical (unpaired) electrons. The zero-order valence-corrected chi connectivity index (χ0v) is 14.2. The van der Waals surface area contributed by atoms with Crippen molar-refractivity contribution in [3.05, 3.63) is 42.1 Å². The van der Waals surface area contributed by atoms with Crippen LogP contribution < -0.4 is 10.2 Å². The topological polar surface area (TPSA) is 67.2 Å². The van der Waals surface area contributed by atoms with E-state index in [4.69, 9.17) is 0 Å². The average molecular weight is 326 g/mol. The molecule has 1 N–H and O–H groups in total. The van der Waals surface area contributed by atoms with Crippen LogP contribution >= 0.6 is 0 Å². The highest BCUT2D eigenvalue weighted by Gasteiger charge is 2.35. The Labute approximate surface area is 141 Å². The number of hydrogen-bond acceptors (Lipinski definition) is 3. The van der Waals surface area contributed by atoms with Gasteiger partial charge in [0.2, 0.25) is 11.8 Å². The zero-order valence-electron chi connectivity index (χ0n) is 14.2. The number of nitrogens with zero attached hydrogens (tertiary/aromatic N) is 3. The van der Waals surface area contributed by atoms with E-state index in [0.29, 0.717) is 12.4 Å². The van der Waals surface area contributed by atoms with Crippen molar-refractivity contribution in [1.29, 1.82) is 0 Å². The molecule has 1 fully saturated rings. The third kappa shape index (κ3) is 3.18. The maximum Gasteiger partial charge on any atom is 0.230 e. The molecule has 0 saturated carbocycles. The van der Waals surface area contributed by atoms with Crippen molar-refractivity contribution in [3.63, 3.8) is 0 Å². The fraction of sp³-hybridized carbons (Fsp3) is 0.389. The smallest absolute Gasteiger partial charge is 0.230 e. The molecule has 1 aliphatic rings. The molecule has 1 aromatic heterocycles. The second-order valence-corrected chi connectivity index (χ2v) is 6.48. The van der Waals surface area contributed by atoms with E-state index in [1.54, 1.807) is 21.8 Å². The van der Waals surface area contributed by atoms with Gasteiger partial charge in [-0.25, -0.2) is 4.68 Å². The van der Waals surface area contributed by atoms with Gasteiger partial charge in [0.15, 0.2) is 0 Å². The molecular weight excluding hydrogens is 304 g/mol. The van der Waals surface area contributed by atoms with Crippen molar-refractivity contribution in [2.75, 3.05) is 16.8 Å². The summed E-state index contributed by atoms with van der Waals surface area (Å²) in [6.07, 6.45) is 1.89. The van der Waals surface area contributed by atoms with Crippen LogP contribution in [-0.4, -0.2) is 28.1 Å². The van der Waals surface area contributed by atoms with Gasteiger partial charge < -0.3 is 10.2 Å². The number of anilines is 2. The lowest BCUT2D eigenvalue weighted by Crippen LogP contribution is -2.28. The summed E-state index contributed by atoms with van der Waals surface area (Å²) in [6.45, 7) is 6.41. The summed E-state index contributed by atoms with van der Waals surface area (Å²) in [5.41, 5.74) is 1.98. The number of nitrogens with one attached hydrogen (secondary N) is 1. The molecule has 1 aliphatic heterocycles. The van der Waals surface area contributed by atoms with Gasteiger partial charge in [0, 0.05) is 30.8 Å². The molecule has 6 nitrogen and oxygen atoms in total. The van der Waals surface area contributed by atoms with Crippen LogP contribution in [0.3, 0.4) is 0 Å². The molecule has 2 heterocycles. The number of amides is 2. The Hall–Kier alpha value is -2.63. The van der Waals surface area contributed by atoms with Crippen LogP contribution in [0.5, 0.6) is 0 Å². The predicted octanol–water partition coefficient (Wildman–Crippen LogP) is 2.76. The van der Waals surface area contributed by atoms with E-state index in [-0.39, 0.29) is 30.2 Å². The van der Waals surface area contributed by atoms with E-state index in [1.165, 1.54) is 0 Å². The molecule has 1 aromatic carbocycles. The molecule has 1 atom stereocenters. The van der Waals surface area contributed by atoms with Gasteiger partial charge in [-0.05, 0) is 32.9 Å². The number of benzene rings is 1. The Morgan fingerprint density at radius 3 is 2.62 bits per heavy atom. The number of aryl methyl sites for hydroxylation is 1. The normalized spacial score (nSPS) is 17.6. The van der Waals surface area contributed by atoms with Gasteiger partial charge in [-0.1, -0.05) is 17.7 Å². The quantitative estimate of drug-likeness (QED) is 0.939. The lowest BCUT2D eigenvalue weighted by atomic mass is 10.1. The van der Waals surface area contributed by atoms with Gasteiger partial charge in [-0.2, -0.15) is 5.10 Å². The molecule has 0 bridgehead atoms. The molecule has 0 unspecified atom stereocenters. The molecule has 3 rings (SSSR count). The van der Waals surface area contributed by atoms with Crippen molar-refractivity contribution in [1.82, 2.24) is 9.78 Å². The SMILES string of the molecule is Cc1ccc(N2C[C@@H](C(=O)Nc3ccnn3C(C)C)CC2=O)cc1. The lowest BCUT2D eigenvalue weighted by Gasteiger charge is -2.17. The Bertz CT molecular complexity index is 749. The number of carbonyl (C=O) groups excluding carboxylic acids is 2. The predicted molar refractivity (Wildman–Crippen MR) is 92.9 cm³/mol. The van der Waals surface area contributed by atoms with E-state index in [0.717, 1.165) is 11.3 Å². The van der Waals surface area contributed by atoms with Crippen LogP contribution in [0.25, 0.3) is 0 Å². The van der Waals surface area contributed by atoms with Crippen LogP contribution in [0.1, 0.15) is 31.9 Å². The van der Waals surface area contributed by atoms with E-state index < -0.39 is 0 Å². The highest BCUT2D eigenvalue weighted by atomic mass is 16.2. The molecular formula is C18H22N4O2. The summed E-state index contributed by atoms with van der Waals surface area (Å²) >= 11 is 0.